The summed E-state index contributed by atoms with van der Waals surface area (Å²) in [6.07, 6.45) is 11.7. The van der Waals surface area contributed by atoms with Crippen LogP contribution in [0.15, 0.2) is 22.8 Å². The van der Waals surface area contributed by atoms with Gasteiger partial charge in [0.05, 0.1) is 0 Å². The van der Waals surface area contributed by atoms with E-state index in [0.717, 1.165) is 0 Å². The highest BCUT2D eigenvalue weighted by molar-refractivity contribution is 5.41. The van der Waals surface area contributed by atoms with Crippen LogP contribution < -0.4 is 0 Å². The normalized spacial score (nSPS) is 16.4. The maximum Gasteiger partial charge on any atom is -0.0127 e. The third-order valence-electron chi connectivity index (χ3n) is 3.17. The lowest BCUT2D eigenvalue weighted by Crippen LogP contribution is -1.89. The van der Waals surface area contributed by atoms with Gasteiger partial charge in [0.2, 0.25) is 0 Å². The van der Waals surface area contributed by atoms with Gasteiger partial charge in [-0.05, 0) is 44.6 Å². The van der Waals surface area contributed by atoms with Crippen LogP contribution in [-0.4, -0.2) is 0 Å². The quantitative estimate of drug-likeness (QED) is 0.554. The molecule has 0 atom stereocenters. The second kappa shape index (κ2) is 6.06. The number of allylic oxidation sites excluding steroid dienone is 4. The number of rotatable bonds is 6. The van der Waals surface area contributed by atoms with Crippen LogP contribution in [0, 0.1) is 0 Å². The molecule has 0 aromatic carbocycles. The Morgan fingerprint density at radius 3 is 2.36 bits per heavy atom. The fraction of sp³-hybridized carbons (Fsp3) is 0.714. The van der Waals surface area contributed by atoms with Gasteiger partial charge in [-0.2, -0.15) is 0 Å². The molecule has 0 saturated heterocycles. The van der Waals surface area contributed by atoms with Crippen molar-refractivity contribution in [2.45, 2.75) is 65.7 Å². The number of hydrogen-bond donors (Lipinski definition) is 0. The van der Waals surface area contributed by atoms with Crippen LogP contribution in [0.3, 0.4) is 0 Å². The Hall–Kier alpha value is -0.520. The molecular formula is C14H24. The molecule has 1 aliphatic rings. The predicted octanol–water partition coefficient (Wildman–Crippen LogP) is 5.01. The maximum atomic E-state index is 2.41. The van der Waals surface area contributed by atoms with E-state index in [2.05, 4.69) is 26.8 Å². The molecule has 1 aliphatic carbocycles. The van der Waals surface area contributed by atoms with Crippen LogP contribution in [0.5, 0.6) is 0 Å². The molecule has 0 aliphatic heterocycles. The van der Waals surface area contributed by atoms with Gasteiger partial charge < -0.3 is 0 Å². The minimum absolute atomic E-state index is 1.24. The summed E-state index contributed by atoms with van der Waals surface area (Å²) >= 11 is 0. The molecule has 0 heterocycles. The van der Waals surface area contributed by atoms with Crippen molar-refractivity contribution in [2.24, 2.45) is 0 Å². The molecule has 0 unspecified atom stereocenters. The molecular weight excluding hydrogens is 168 g/mol. The highest BCUT2D eigenvalue weighted by Crippen LogP contribution is 2.32. The molecule has 0 amide bonds. The number of unbranched alkanes of at least 4 members (excludes halogenated alkanes) is 2. The molecule has 14 heavy (non-hydrogen) atoms. The lowest BCUT2D eigenvalue weighted by molar-refractivity contribution is 0.749. The second-order valence-corrected chi connectivity index (χ2v) is 4.38. The molecule has 0 nitrogen and oxygen atoms in total. The van der Waals surface area contributed by atoms with Crippen molar-refractivity contribution in [3.63, 3.8) is 0 Å². The molecule has 0 aromatic rings. The Morgan fingerprint density at radius 2 is 1.71 bits per heavy atom. The van der Waals surface area contributed by atoms with Crippen molar-refractivity contribution in [3.05, 3.63) is 22.8 Å². The molecule has 0 aromatic heterocycles. The van der Waals surface area contributed by atoms with Gasteiger partial charge in [0.15, 0.2) is 0 Å². The molecule has 0 N–H and O–H groups in total. The van der Waals surface area contributed by atoms with E-state index in [-0.39, 0.29) is 0 Å². The van der Waals surface area contributed by atoms with Crippen LogP contribution >= 0.6 is 0 Å². The predicted molar refractivity (Wildman–Crippen MR) is 64.5 cm³/mol. The summed E-state index contributed by atoms with van der Waals surface area (Å²) in [5.41, 5.74) is 4.99. The van der Waals surface area contributed by atoms with Gasteiger partial charge in [-0.25, -0.2) is 0 Å². The maximum absolute atomic E-state index is 2.41. The van der Waals surface area contributed by atoms with E-state index < -0.39 is 0 Å². The summed E-state index contributed by atoms with van der Waals surface area (Å²) in [4.78, 5) is 0. The van der Waals surface area contributed by atoms with Gasteiger partial charge in [0.25, 0.3) is 0 Å². The SMILES string of the molecule is CCCCC1=C(CCCC)C(C)=CC1. The zero-order valence-electron chi connectivity index (χ0n) is 10.0. The summed E-state index contributed by atoms with van der Waals surface area (Å²) in [6.45, 7) is 6.84. The molecule has 0 bridgehead atoms. The van der Waals surface area contributed by atoms with Gasteiger partial charge in [-0.15, -0.1) is 0 Å². The Bertz CT molecular complexity index is 230. The van der Waals surface area contributed by atoms with Crippen LogP contribution in [0.2, 0.25) is 0 Å². The van der Waals surface area contributed by atoms with Gasteiger partial charge >= 0.3 is 0 Å². The smallest absolute Gasteiger partial charge is 0.0127 e. The van der Waals surface area contributed by atoms with E-state index in [1.54, 1.807) is 16.7 Å². The van der Waals surface area contributed by atoms with Crippen molar-refractivity contribution in [1.82, 2.24) is 0 Å². The van der Waals surface area contributed by atoms with E-state index in [1.165, 1.54) is 44.9 Å². The van der Waals surface area contributed by atoms with E-state index in [9.17, 15) is 0 Å². The van der Waals surface area contributed by atoms with Gasteiger partial charge in [-0.3, -0.25) is 0 Å². The molecule has 80 valence electrons. The van der Waals surface area contributed by atoms with E-state index >= 15 is 0 Å². The summed E-state index contributed by atoms with van der Waals surface area (Å²) in [7, 11) is 0. The summed E-state index contributed by atoms with van der Waals surface area (Å²) < 4.78 is 0. The summed E-state index contributed by atoms with van der Waals surface area (Å²) in [6, 6.07) is 0. The average Bonchev–Trinajstić information content (AvgIpc) is 2.53. The highest BCUT2D eigenvalue weighted by Gasteiger charge is 2.12. The highest BCUT2D eigenvalue weighted by atomic mass is 14.2. The molecule has 0 fully saturated rings. The van der Waals surface area contributed by atoms with E-state index in [1.807, 2.05) is 0 Å². The molecule has 1 rings (SSSR count). The van der Waals surface area contributed by atoms with Crippen molar-refractivity contribution in [3.8, 4) is 0 Å². The fourth-order valence-corrected chi connectivity index (χ4v) is 2.17. The van der Waals surface area contributed by atoms with Gasteiger partial charge in [0.1, 0.15) is 0 Å². The Labute approximate surface area is 89.1 Å². The van der Waals surface area contributed by atoms with Crippen molar-refractivity contribution >= 4 is 0 Å². The molecule has 0 heteroatoms. The molecule has 0 spiro atoms. The van der Waals surface area contributed by atoms with Crippen LogP contribution in [0.1, 0.15) is 65.7 Å². The Balaban J connectivity index is 2.54. The molecule has 0 saturated carbocycles. The number of hydrogen-bond acceptors (Lipinski definition) is 0. The first-order valence-corrected chi connectivity index (χ1v) is 6.17. The zero-order chi connectivity index (χ0) is 10.4. The van der Waals surface area contributed by atoms with E-state index in [0.29, 0.717) is 0 Å². The third kappa shape index (κ3) is 3.01. The Kier molecular flexibility index (Phi) is 5.00. The van der Waals surface area contributed by atoms with Gasteiger partial charge in [0, 0.05) is 0 Å². The average molecular weight is 192 g/mol. The lowest BCUT2D eigenvalue weighted by atomic mass is 9.97. The van der Waals surface area contributed by atoms with Crippen molar-refractivity contribution in [2.75, 3.05) is 0 Å². The summed E-state index contributed by atoms with van der Waals surface area (Å²) in [5, 5.41) is 0. The van der Waals surface area contributed by atoms with Crippen molar-refractivity contribution < 1.29 is 0 Å². The van der Waals surface area contributed by atoms with Crippen molar-refractivity contribution in [1.29, 1.82) is 0 Å². The van der Waals surface area contributed by atoms with E-state index in [4.69, 9.17) is 0 Å². The minimum atomic E-state index is 1.24. The van der Waals surface area contributed by atoms with Crippen LogP contribution in [-0.2, 0) is 0 Å². The minimum Gasteiger partial charge on any atom is -0.0772 e. The topological polar surface area (TPSA) is 0 Å². The monoisotopic (exact) mass is 192 g/mol. The first-order valence-electron chi connectivity index (χ1n) is 6.17. The third-order valence-corrected chi connectivity index (χ3v) is 3.17. The summed E-state index contributed by atoms with van der Waals surface area (Å²) in [5.74, 6) is 0. The first kappa shape index (κ1) is 11.6. The standard InChI is InChI=1S/C14H24/c1-4-6-8-13-11-10-12(3)14(13)9-7-5-2/h10H,4-9,11H2,1-3H3. The fourth-order valence-electron chi connectivity index (χ4n) is 2.17. The lowest BCUT2D eigenvalue weighted by Gasteiger charge is -2.08. The van der Waals surface area contributed by atoms with Crippen LogP contribution in [0.4, 0.5) is 0 Å². The molecule has 0 radical (unpaired) electrons. The Morgan fingerprint density at radius 1 is 1.07 bits per heavy atom. The van der Waals surface area contributed by atoms with Crippen LogP contribution in [0.25, 0.3) is 0 Å². The first-order chi connectivity index (χ1) is 6.79. The van der Waals surface area contributed by atoms with Gasteiger partial charge in [-0.1, -0.05) is 43.9 Å². The largest absolute Gasteiger partial charge is 0.0772 e. The zero-order valence-corrected chi connectivity index (χ0v) is 10.0. The second-order valence-electron chi connectivity index (χ2n) is 4.38.